The van der Waals surface area contributed by atoms with Crippen molar-refractivity contribution in [1.29, 1.82) is 0 Å². The van der Waals surface area contributed by atoms with Gasteiger partial charge in [-0.15, -0.1) is 0 Å². The van der Waals surface area contributed by atoms with E-state index in [0.717, 1.165) is 17.8 Å². The molecule has 3 heteroatoms. The number of nitrogens with one attached hydrogen (secondary N) is 2. The Morgan fingerprint density at radius 2 is 2.00 bits per heavy atom. The number of aryl methyl sites for hydroxylation is 2. The lowest BCUT2D eigenvalue weighted by Crippen LogP contribution is -2.22. The molecule has 0 radical (unpaired) electrons. The third kappa shape index (κ3) is 2.36. The normalized spacial score (nSPS) is 11.4. The summed E-state index contributed by atoms with van der Waals surface area (Å²) in [7, 11) is 1.72. The molecule has 0 saturated heterocycles. The molecule has 0 amide bonds. The zero-order valence-corrected chi connectivity index (χ0v) is 11.8. The molecule has 0 saturated carbocycles. The van der Waals surface area contributed by atoms with Crippen LogP contribution in [0.2, 0.25) is 0 Å². The summed E-state index contributed by atoms with van der Waals surface area (Å²) in [4.78, 5) is 3.48. The van der Waals surface area contributed by atoms with Gasteiger partial charge in [0.25, 0.3) is 0 Å². The highest BCUT2D eigenvalue weighted by molar-refractivity contribution is 5.90. The van der Waals surface area contributed by atoms with Crippen LogP contribution in [-0.2, 0) is 6.54 Å². The van der Waals surface area contributed by atoms with Crippen molar-refractivity contribution in [3.8, 4) is 5.75 Å². The third-order valence-electron chi connectivity index (χ3n) is 3.29. The summed E-state index contributed by atoms with van der Waals surface area (Å²) < 4.78 is 5.45. The second-order valence-electron chi connectivity index (χ2n) is 5.15. The molecule has 2 rings (SSSR count). The average molecular weight is 246 g/mol. The van der Waals surface area contributed by atoms with Crippen LogP contribution in [0.25, 0.3) is 10.9 Å². The van der Waals surface area contributed by atoms with E-state index < -0.39 is 0 Å². The number of rotatable bonds is 4. The summed E-state index contributed by atoms with van der Waals surface area (Å²) in [5.74, 6) is 0.920. The van der Waals surface area contributed by atoms with Gasteiger partial charge in [-0.2, -0.15) is 0 Å². The van der Waals surface area contributed by atoms with E-state index in [0.29, 0.717) is 6.04 Å². The molecule has 0 bridgehead atoms. The minimum Gasteiger partial charge on any atom is -0.495 e. The molecule has 0 aliphatic carbocycles. The van der Waals surface area contributed by atoms with Crippen molar-refractivity contribution < 1.29 is 4.74 Å². The molecule has 0 spiro atoms. The first-order valence-corrected chi connectivity index (χ1v) is 6.42. The third-order valence-corrected chi connectivity index (χ3v) is 3.29. The van der Waals surface area contributed by atoms with Gasteiger partial charge in [0.15, 0.2) is 0 Å². The monoisotopic (exact) mass is 246 g/mol. The number of aromatic nitrogens is 1. The Balaban J connectivity index is 2.48. The second-order valence-corrected chi connectivity index (χ2v) is 5.15. The fraction of sp³-hybridized carbons (Fsp3) is 0.467. The molecule has 98 valence electrons. The van der Waals surface area contributed by atoms with Crippen LogP contribution < -0.4 is 10.1 Å². The SMILES string of the molecule is COc1cc(C)cc2c(C)c(CNC(C)C)[nH]c12. The number of benzene rings is 1. The van der Waals surface area contributed by atoms with Gasteiger partial charge in [-0.05, 0) is 37.1 Å². The molecular weight excluding hydrogens is 224 g/mol. The lowest BCUT2D eigenvalue weighted by atomic mass is 10.1. The van der Waals surface area contributed by atoms with Crippen LogP contribution in [0, 0.1) is 13.8 Å². The van der Waals surface area contributed by atoms with E-state index in [4.69, 9.17) is 4.74 Å². The Morgan fingerprint density at radius 3 is 2.61 bits per heavy atom. The number of ether oxygens (including phenoxy) is 1. The Morgan fingerprint density at radius 1 is 1.28 bits per heavy atom. The molecule has 1 aromatic carbocycles. The van der Waals surface area contributed by atoms with Gasteiger partial charge in [0.1, 0.15) is 5.75 Å². The number of fused-ring (bicyclic) bond motifs is 1. The highest BCUT2D eigenvalue weighted by Crippen LogP contribution is 2.30. The number of aromatic amines is 1. The van der Waals surface area contributed by atoms with Crippen LogP contribution in [0.1, 0.15) is 30.7 Å². The highest BCUT2D eigenvalue weighted by Gasteiger charge is 2.12. The quantitative estimate of drug-likeness (QED) is 0.868. The predicted molar refractivity (Wildman–Crippen MR) is 76.3 cm³/mol. The topological polar surface area (TPSA) is 37.0 Å². The standard InChI is InChI=1S/C15H22N2O/c1-9(2)16-8-13-11(4)12-6-10(3)7-14(18-5)15(12)17-13/h6-7,9,16-17H,8H2,1-5H3. The van der Waals surface area contributed by atoms with Crippen LogP contribution >= 0.6 is 0 Å². The van der Waals surface area contributed by atoms with E-state index in [-0.39, 0.29) is 0 Å². The lowest BCUT2D eigenvalue weighted by molar-refractivity contribution is 0.418. The zero-order valence-electron chi connectivity index (χ0n) is 11.8. The van der Waals surface area contributed by atoms with Gasteiger partial charge in [-0.1, -0.05) is 13.8 Å². The maximum atomic E-state index is 5.45. The Labute approximate surface area is 109 Å². The van der Waals surface area contributed by atoms with Gasteiger partial charge in [0.2, 0.25) is 0 Å². The second kappa shape index (κ2) is 5.02. The van der Waals surface area contributed by atoms with E-state index in [2.05, 4.69) is 50.1 Å². The van der Waals surface area contributed by atoms with E-state index in [1.165, 1.54) is 22.2 Å². The van der Waals surface area contributed by atoms with Crippen LogP contribution in [0.15, 0.2) is 12.1 Å². The highest BCUT2D eigenvalue weighted by atomic mass is 16.5. The van der Waals surface area contributed by atoms with Gasteiger partial charge in [-0.25, -0.2) is 0 Å². The molecule has 18 heavy (non-hydrogen) atoms. The number of hydrogen-bond donors (Lipinski definition) is 2. The molecule has 0 atom stereocenters. The molecule has 2 N–H and O–H groups in total. The molecule has 3 nitrogen and oxygen atoms in total. The summed E-state index contributed by atoms with van der Waals surface area (Å²) >= 11 is 0. The van der Waals surface area contributed by atoms with E-state index in [9.17, 15) is 0 Å². The molecule has 0 aliphatic rings. The number of H-pyrrole nitrogens is 1. The molecule has 1 aromatic heterocycles. The van der Waals surface area contributed by atoms with Crippen molar-refractivity contribution in [3.63, 3.8) is 0 Å². The fourth-order valence-corrected chi connectivity index (χ4v) is 2.23. The number of methoxy groups -OCH3 is 1. The van der Waals surface area contributed by atoms with E-state index >= 15 is 0 Å². The summed E-state index contributed by atoms with van der Waals surface area (Å²) in [5.41, 5.74) is 4.87. The van der Waals surface area contributed by atoms with Crippen LogP contribution in [-0.4, -0.2) is 18.1 Å². The first-order valence-electron chi connectivity index (χ1n) is 6.42. The smallest absolute Gasteiger partial charge is 0.143 e. The molecule has 1 heterocycles. The van der Waals surface area contributed by atoms with Gasteiger partial charge in [0, 0.05) is 23.7 Å². The van der Waals surface area contributed by atoms with E-state index in [1.807, 2.05) is 0 Å². The maximum absolute atomic E-state index is 5.45. The van der Waals surface area contributed by atoms with Crippen molar-refractivity contribution in [1.82, 2.24) is 10.3 Å². The van der Waals surface area contributed by atoms with Gasteiger partial charge in [0.05, 0.1) is 12.6 Å². The fourth-order valence-electron chi connectivity index (χ4n) is 2.23. The Kier molecular flexibility index (Phi) is 3.62. The summed E-state index contributed by atoms with van der Waals surface area (Å²) in [6.45, 7) is 9.43. The van der Waals surface area contributed by atoms with Crippen molar-refractivity contribution in [2.24, 2.45) is 0 Å². The van der Waals surface area contributed by atoms with Crippen LogP contribution in [0.5, 0.6) is 5.75 Å². The van der Waals surface area contributed by atoms with Gasteiger partial charge < -0.3 is 15.0 Å². The van der Waals surface area contributed by atoms with Crippen molar-refractivity contribution in [3.05, 3.63) is 29.0 Å². The molecule has 0 fully saturated rings. The van der Waals surface area contributed by atoms with Gasteiger partial charge >= 0.3 is 0 Å². The molecular formula is C15H22N2O. The maximum Gasteiger partial charge on any atom is 0.143 e. The Bertz CT molecular complexity index is 555. The van der Waals surface area contributed by atoms with Crippen LogP contribution in [0.3, 0.4) is 0 Å². The van der Waals surface area contributed by atoms with Crippen molar-refractivity contribution >= 4 is 10.9 Å². The number of hydrogen-bond acceptors (Lipinski definition) is 2. The minimum absolute atomic E-state index is 0.486. The van der Waals surface area contributed by atoms with Crippen LogP contribution in [0.4, 0.5) is 0 Å². The predicted octanol–water partition coefficient (Wildman–Crippen LogP) is 3.29. The summed E-state index contributed by atoms with van der Waals surface area (Å²) in [6, 6.07) is 4.76. The van der Waals surface area contributed by atoms with Crippen molar-refractivity contribution in [2.45, 2.75) is 40.3 Å². The molecule has 0 aliphatic heterocycles. The summed E-state index contributed by atoms with van der Waals surface area (Å²) in [6.07, 6.45) is 0. The largest absolute Gasteiger partial charge is 0.495 e. The summed E-state index contributed by atoms with van der Waals surface area (Å²) in [5, 5.41) is 4.70. The molecule has 2 aromatic rings. The molecule has 0 unspecified atom stereocenters. The lowest BCUT2D eigenvalue weighted by Gasteiger charge is -2.07. The van der Waals surface area contributed by atoms with E-state index in [1.54, 1.807) is 7.11 Å². The minimum atomic E-state index is 0.486. The van der Waals surface area contributed by atoms with Crippen molar-refractivity contribution in [2.75, 3.05) is 7.11 Å². The average Bonchev–Trinajstić information content (AvgIpc) is 2.63. The Hall–Kier alpha value is -1.48. The van der Waals surface area contributed by atoms with Gasteiger partial charge in [-0.3, -0.25) is 0 Å². The first kappa shape index (κ1) is 13.0. The zero-order chi connectivity index (χ0) is 13.3. The first-order chi connectivity index (χ1) is 8.52.